The van der Waals surface area contributed by atoms with Gasteiger partial charge in [-0.1, -0.05) is 24.8 Å². The van der Waals surface area contributed by atoms with Gasteiger partial charge in [-0.3, -0.25) is 9.98 Å². The highest BCUT2D eigenvalue weighted by atomic mass is 15.0. The highest BCUT2D eigenvalue weighted by molar-refractivity contribution is 5.93. The number of nitrogens with one attached hydrogen (secondary N) is 1. The standard InChI is InChI=1S/C18H18N4/c1-12-11-21-16-6-5-15(10-18(16)22-12)14-4-3-13(7-8-19)17(9-14)20-2/h3-6,9-11,22H,1-2,7-8,19H2. The molecule has 1 aliphatic rings. The molecule has 22 heavy (non-hydrogen) atoms. The smallest absolute Gasteiger partial charge is 0.0865 e. The van der Waals surface area contributed by atoms with Gasteiger partial charge in [0.2, 0.25) is 0 Å². The lowest BCUT2D eigenvalue weighted by atomic mass is 10.00. The van der Waals surface area contributed by atoms with E-state index < -0.39 is 0 Å². The number of nitrogens with two attached hydrogens (primary N) is 1. The molecule has 0 fully saturated rings. The van der Waals surface area contributed by atoms with Crippen molar-refractivity contribution in [1.82, 2.24) is 0 Å². The monoisotopic (exact) mass is 290 g/mol. The minimum Gasteiger partial charge on any atom is -0.353 e. The van der Waals surface area contributed by atoms with E-state index in [1.165, 1.54) is 0 Å². The van der Waals surface area contributed by atoms with Crippen molar-refractivity contribution in [1.29, 1.82) is 0 Å². The van der Waals surface area contributed by atoms with Crippen LogP contribution in [0.1, 0.15) is 5.56 Å². The number of anilines is 1. The predicted octanol–water partition coefficient (Wildman–Crippen LogP) is 3.83. The van der Waals surface area contributed by atoms with Gasteiger partial charge in [0.05, 0.1) is 23.3 Å². The van der Waals surface area contributed by atoms with Crippen molar-refractivity contribution in [2.75, 3.05) is 11.9 Å². The first-order valence-corrected chi connectivity index (χ1v) is 7.15. The number of allylic oxidation sites excluding steroid dienone is 1. The Morgan fingerprint density at radius 1 is 1.14 bits per heavy atom. The maximum atomic E-state index is 5.63. The summed E-state index contributed by atoms with van der Waals surface area (Å²) in [6, 6.07) is 12.3. The quantitative estimate of drug-likeness (QED) is 0.841. The Balaban J connectivity index is 2.01. The summed E-state index contributed by atoms with van der Waals surface area (Å²) in [6.45, 7) is 8.14. The van der Waals surface area contributed by atoms with Crippen LogP contribution in [0, 0.1) is 0 Å². The highest BCUT2D eigenvalue weighted by Crippen LogP contribution is 2.35. The normalized spacial score (nSPS) is 12.7. The topological polar surface area (TPSA) is 62.8 Å². The van der Waals surface area contributed by atoms with Crippen LogP contribution in [0.5, 0.6) is 0 Å². The molecule has 0 bridgehead atoms. The van der Waals surface area contributed by atoms with Crippen LogP contribution in [0.2, 0.25) is 0 Å². The molecule has 0 unspecified atom stereocenters. The molecule has 0 saturated carbocycles. The minimum atomic E-state index is 0.602. The maximum Gasteiger partial charge on any atom is 0.0865 e. The van der Waals surface area contributed by atoms with Crippen molar-refractivity contribution < 1.29 is 0 Å². The molecule has 4 heteroatoms. The van der Waals surface area contributed by atoms with Crippen LogP contribution in [0.15, 0.2) is 58.7 Å². The third kappa shape index (κ3) is 2.69. The van der Waals surface area contributed by atoms with E-state index >= 15 is 0 Å². The predicted molar refractivity (Wildman–Crippen MR) is 94.8 cm³/mol. The molecule has 3 N–H and O–H groups in total. The lowest BCUT2D eigenvalue weighted by Crippen LogP contribution is -2.03. The number of aliphatic imine (C=N–C) groups is 2. The van der Waals surface area contributed by atoms with Gasteiger partial charge < -0.3 is 11.1 Å². The van der Waals surface area contributed by atoms with E-state index in [0.717, 1.165) is 45.9 Å². The summed E-state index contributed by atoms with van der Waals surface area (Å²) in [5.74, 6) is 0. The van der Waals surface area contributed by atoms with E-state index in [2.05, 4.69) is 52.9 Å². The Hall–Kier alpha value is -2.72. The van der Waals surface area contributed by atoms with Crippen LogP contribution < -0.4 is 11.1 Å². The van der Waals surface area contributed by atoms with Gasteiger partial charge in [0, 0.05) is 5.70 Å². The van der Waals surface area contributed by atoms with Crippen molar-refractivity contribution in [3.63, 3.8) is 0 Å². The summed E-state index contributed by atoms with van der Waals surface area (Å²) in [7, 11) is 0. The van der Waals surface area contributed by atoms with E-state index in [9.17, 15) is 0 Å². The van der Waals surface area contributed by atoms with Crippen LogP contribution in [0.25, 0.3) is 11.1 Å². The number of hydrogen-bond acceptors (Lipinski definition) is 4. The molecule has 110 valence electrons. The van der Waals surface area contributed by atoms with Crippen LogP contribution >= 0.6 is 0 Å². The van der Waals surface area contributed by atoms with Crippen LogP contribution in [0.4, 0.5) is 17.1 Å². The van der Waals surface area contributed by atoms with Gasteiger partial charge in [-0.2, -0.15) is 0 Å². The lowest BCUT2D eigenvalue weighted by Gasteiger charge is -2.15. The second kappa shape index (κ2) is 5.95. The van der Waals surface area contributed by atoms with Crippen LogP contribution in [-0.2, 0) is 6.42 Å². The molecule has 4 nitrogen and oxygen atoms in total. The van der Waals surface area contributed by atoms with E-state index in [0.29, 0.717) is 6.54 Å². The first-order valence-electron chi connectivity index (χ1n) is 7.15. The lowest BCUT2D eigenvalue weighted by molar-refractivity contribution is 0.968. The number of hydrogen-bond donors (Lipinski definition) is 2. The van der Waals surface area contributed by atoms with Crippen molar-refractivity contribution in [2.24, 2.45) is 15.7 Å². The van der Waals surface area contributed by atoms with Gasteiger partial charge in [-0.15, -0.1) is 0 Å². The zero-order valence-electron chi connectivity index (χ0n) is 12.3. The Labute approximate surface area is 130 Å². The summed E-state index contributed by atoms with van der Waals surface area (Å²) in [5, 5.41) is 3.23. The Morgan fingerprint density at radius 3 is 2.68 bits per heavy atom. The number of benzene rings is 2. The third-order valence-corrected chi connectivity index (χ3v) is 3.65. The van der Waals surface area contributed by atoms with Crippen molar-refractivity contribution in [3.8, 4) is 11.1 Å². The van der Waals surface area contributed by atoms with Gasteiger partial charge in [0.1, 0.15) is 0 Å². The van der Waals surface area contributed by atoms with Crippen LogP contribution in [0.3, 0.4) is 0 Å². The molecule has 2 aromatic carbocycles. The first-order chi connectivity index (χ1) is 10.7. The van der Waals surface area contributed by atoms with Gasteiger partial charge in [0.25, 0.3) is 0 Å². The second-order valence-corrected chi connectivity index (χ2v) is 5.18. The third-order valence-electron chi connectivity index (χ3n) is 3.65. The Kier molecular flexibility index (Phi) is 3.85. The molecular formula is C18H18N4. The Morgan fingerprint density at radius 2 is 1.91 bits per heavy atom. The van der Waals surface area contributed by atoms with Crippen molar-refractivity contribution in [2.45, 2.75) is 6.42 Å². The van der Waals surface area contributed by atoms with Crippen LogP contribution in [-0.4, -0.2) is 19.5 Å². The summed E-state index contributed by atoms with van der Waals surface area (Å²) in [4.78, 5) is 8.47. The number of rotatable bonds is 4. The van der Waals surface area contributed by atoms with Gasteiger partial charge in [0.15, 0.2) is 0 Å². The summed E-state index contributed by atoms with van der Waals surface area (Å²) in [6.07, 6.45) is 2.53. The molecule has 0 saturated heterocycles. The zero-order chi connectivity index (χ0) is 15.5. The SMILES string of the molecule is C=Nc1cc(-c2ccc3c(c2)NC(=C)C=N3)ccc1CCN. The average Bonchev–Trinajstić information content (AvgIpc) is 2.54. The average molecular weight is 290 g/mol. The minimum absolute atomic E-state index is 0.602. The zero-order valence-corrected chi connectivity index (χ0v) is 12.3. The Bertz CT molecular complexity index is 775. The van der Waals surface area contributed by atoms with E-state index in [-0.39, 0.29) is 0 Å². The molecule has 0 radical (unpaired) electrons. The summed E-state index contributed by atoms with van der Waals surface area (Å²) in [5.41, 5.74) is 12.5. The first kappa shape index (κ1) is 14.2. The summed E-state index contributed by atoms with van der Waals surface area (Å²) >= 11 is 0. The molecule has 0 aromatic heterocycles. The molecule has 3 rings (SSSR count). The molecule has 1 heterocycles. The fraction of sp³-hybridized carbons (Fsp3) is 0.111. The molecule has 0 spiro atoms. The summed E-state index contributed by atoms with van der Waals surface area (Å²) < 4.78 is 0. The molecule has 2 aromatic rings. The fourth-order valence-electron chi connectivity index (χ4n) is 2.54. The highest BCUT2D eigenvalue weighted by Gasteiger charge is 2.10. The molecule has 1 aliphatic heterocycles. The van der Waals surface area contributed by atoms with Gasteiger partial charge in [-0.25, -0.2) is 0 Å². The van der Waals surface area contributed by atoms with Crippen molar-refractivity contribution >= 4 is 30.0 Å². The van der Waals surface area contributed by atoms with E-state index in [1.54, 1.807) is 6.21 Å². The molecule has 0 atom stereocenters. The second-order valence-electron chi connectivity index (χ2n) is 5.18. The molecule has 0 amide bonds. The number of fused-ring (bicyclic) bond motifs is 1. The van der Waals surface area contributed by atoms with Gasteiger partial charge in [-0.05, 0) is 54.6 Å². The van der Waals surface area contributed by atoms with E-state index in [1.807, 2.05) is 12.1 Å². The molecule has 0 aliphatic carbocycles. The van der Waals surface area contributed by atoms with Gasteiger partial charge >= 0.3 is 0 Å². The molecular weight excluding hydrogens is 272 g/mol. The maximum absolute atomic E-state index is 5.63. The number of nitrogens with zero attached hydrogens (tertiary/aromatic N) is 2. The fourth-order valence-corrected chi connectivity index (χ4v) is 2.54. The largest absolute Gasteiger partial charge is 0.353 e. The van der Waals surface area contributed by atoms with E-state index in [4.69, 9.17) is 5.73 Å². The van der Waals surface area contributed by atoms with Crippen molar-refractivity contribution in [3.05, 3.63) is 54.2 Å².